The maximum Gasteiger partial charge on any atom is 0.136 e. The van der Waals surface area contributed by atoms with Crippen molar-refractivity contribution in [3.8, 4) is 0 Å². The highest BCUT2D eigenvalue weighted by atomic mass is 16.5. The summed E-state index contributed by atoms with van der Waals surface area (Å²) in [4.78, 5) is 9.09. The molecule has 5 heteroatoms. The molecule has 0 aliphatic carbocycles. The van der Waals surface area contributed by atoms with E-state index in [-0.39, 0.29) is 11.5 Å². The van der Waals surface area contributed by atoms with E-state index in [1.165, 1.54) is 0 Å². The van der Waals surface area contributed by atoms with Gasteiger partial charge in [-0.3, -0.25) is 0 Å². The maximum atomic E-state index is 5.22. The number of nitrogens with zero attached hydrogens (tertiary/aromatic N) is 2. The summed E-state index contributed by atoms with van der Waals surface area (Å²) in [6, 6.07) is 1.92. The van der Waals surface area contributed by atoms with Crippen molar-refractivity contribution in [1.29, 1.82) is 0 Å². The van der Waals surface area contributed by atoms with Crippen molar-refractivity contribution in [3.63, 3.8) is 0 Å². The molecule has 0 aliphatic rings. The van der Waals surface area contributed by atoms with Gasteiger partial charge in [0.05, 0.1) is 18.4 Å². The van der Waals surface area contributed by atoms with E-state index in [2.05, 4.69) is 36.1 Å². The van der Waals surface area contributed by atoms with Gasteiger partial charge in [0.15, 0.2) is 0 Å². The topological polar surface area (TPSA) is 56.3 Å². The lowest BCUT2D eigenvalue weighted by Gasteiger charge is -2.19. The van der Waals surface area contributed by atoms with Gasteiger partial charge in [0.2, 0.25) is 0 Å². The van der Waals surface area contributed by atoms with Gasteiger partial charge >= 0.3 is 0 Å². The second kappa shape index (κ2) is 6.82. The third kappa shape index (κ3) is 5.12. The Kier molecular flexibility index (Phi) is 5.69. The average Bonchev–Trinajstić information content (AvgIpc) is 2.35. The molecule has 0 bridgehead atoms. The monoisotopic (exact) mass is 267 g/mol. The second-order valence-electron chi connectivity index (χ2n) is 5.68. The summed E-state index contributed by atoms with van der Waals surface area (Å²) >= 11 is 0. The predicted octanol–water partition coefficient (Wildman–Crippen LogP) is 2.37. The highest BCUT2D eigenvalue weighted by Crippen LogP contribution is 2.20. The Balaban J connectivity index is 2.93. The molecule has 108 valence electrons. The van der Waals surface area contributed by atoms with Crippen LogP contribution in [-0.2, 0) is 21.5 Å². The van der Waals surface area contributed by atoms with Crippen LogP contribution in [-0.4, -0.2) is 36.8 Å². The molecule has 1 rings (SSSR count). The van der Waals surface area contributed by atoms with E-state index in [0.29, 0.717) is 13.2 Å². The number of rotatable bonds is 6. The summed E-state index contributed by atoms with van der Waals surface area (Å²) in [5, 5.41) is 3.27. The summed E-state index contributed by atoms with van der Waals surface area (Å²) in [5.41, 5.74) is 0.794. The van der Waals surface area contributed by atoms with Crippen LogP contribution in [0.25, 0.3) is 0 Å². The number of hydrogen-bond acceptors (Lipinski definition) is 5. The van der Waals surface area contributed by atoms with Crippen LogP contribution >= 0.6 is 0 Å². The van der Waals surface area contributed by atoms with Gasteiger partial charge in [-0.05, 0) is 6.92 Å². The van der Waals surface area contributed by atoms with E-state index >= 15 is 0 Å². The Morgan fingerprint density at radius 1 is 1.26 bits per heavy atom. The third-order valence-electron chi connectivity index (χ3n) is 2.72. The summed E-state index contributed by atoms with van der Waals surface area (Å²) < 4.78 is 10.4. The molecule has 1 N–H and O–H groups in total. The fourth-order valence-corrected chi connectivity index (χ4v) is 1.48. The number of ether oxygens (including phenoxy) is 2. The fraction of sp³-hybridized carbons (Fsp3) is 0.714. The summed E-state index contributed by atoms with van der Waals surface area (Å²) in [7, 11) is 3.36. The minimum absolute atomic E-state index is 0.0902. The molecule has 0 radical (unpaired) electrons. The first kappa shape index (κ1) is 15.9. The molecule has 5 nitrogen and oxygen atoms in total. The molecular weight excluding hydrogens is 242 g/mol. The number of aromatic nitrogens is 2. The highest BCUT2D eigenvalue weighted by molar-refractivity contribution is 5.37. The molecule has 0 aromatic carbocycles. The average molecular weight is 267 g/mol. The van der Waals surface area contributed by atoms with Crippen LogP contribution < -0.4 is 5.32 Å². The molecule has 0 amide bonds. The molecule has 1 aromatic rings. The largest absolute Gasteiger partial charge is 0.380 e. The van der Waals surface area contributed by atoms with Gasteiger partial charge in [0.1, 0.15) is 11.6 Å². The Labute approximate surface area is 115 Å². The van der Waals surface area contributed by atoms with Crippen molar-refractivity contribution < 1.29 is 9.47 Å². The van der Waals surface area contributed by atoms with Crippen molar-refractivity contribution >= 4 is 5.82 Å². The summed E-state index contributed by atoms with van der Waals surface area (Å²) in [5.74, 6) is 1.63. The molecule has 1 unspecified atom stereocenters. The Hall–Kier alpha value is -1.20. The quantitative estimate of drug-likeness (QED) is 0.857. The first-order valence-electron chi connectivity index (χ1n) is 6.51. The van der Waals surface area contributed by atoms with Crippen LogP contribution in [0.15, 0.2) is 6.07 Å². The lowest BCUT2D eigenvalue weighted by molar-refractivity contribution is 0.128. The van der Waals surface area contributed by atoms with Crippen molar-refractivity contribution in [2.24, 2.45) is 0 Å². The van der Waals surface area contributed by atoms with Gasteiger partial charge in [-0.2, -0.15) is 0 Å². The smallest absolute Gasteiger partial charge is 0.136 e. The molecule has 0 saturated heterocycles. The SMILES string of the molecule is COCc1cc(NCC(C)OC)nc(C(C)(C)C)n1. The molecule has 0 fully saturated rings. The molecular formula is C14H25N3O2. The predicted molar refractivity (Wildman–Crippen MR) is 76.4 cm³/mol. The molecule has 19 heavy (non-hydrogen) atoms. The van der Waals surface area contributed by atoms with E-state index < -0.39 is 0 Å². The van der Waals surface area contributed by atoms with E-state index in [0.717, 1.165) is 17.3 Å². The van der Waals surface area contributed by atoms with Crippen molar-refractivity contribution in [1.82, 2.24) is 9.97 Å². The Morgan fingerprint density at radius 3 is 2.47 bits per heavy atom. The Morgan fingerprint density at radius 2 is 1.95 bits per heavy atom. The van der Waals surface area contributed by atoms with E-state index in [4.69, 9.17) is 9.47 Å². The standard InChI is InChI=1S/C14H25N3O2/c1-10(19-6)8-15-12-7-11(9-18-5)16-13(17-12)14(2,3)4/h7,10H,8-9H2,1-6H3,(H,15,16,17). The number of hydrogen-bond donors (Lipinski definition) is 1. The van der Waals surface area contributed by atoms with E-state index in [1.807, 2.05) is 13.0 Å². The Bertz CT molecular complexity index is 402. The first-order valence-corrected chi connectivity index (χ1v) is 6.51. The van der Waals surface area contributed by atoms with Gasteiger partial charge in [-0.15, -0.1) is 0 Å². The van der Waals surface area contributed by atoms with Crippen LogP contribution in [0.3, 0.4) is 0 Å². The van der Waals surface area contributed by atoms with Crippen molar-refractivity contribution in [2.45, 2.75) is 45.8 Å². The van der Waals surface area contributed by atoms with Gasteiger partial charge in [0.25, 0.3) is 0 Å². The molecule has 1 aromatic heterocycles. The minimum atomic E-state index is -0.0902. The number of anilines is 1. The van der Waals surface area contributed by atoms with E-state index in [1.54, 1.807) is 14.2 Å². The van der Waals surface area contributed by atoms with Crippen molar-refractivity contribution in [2.75, 3.05) is 26.1 Å². The summed E-state index contributed by atoms with van der Waals surface area (Å²) in [6.07, 6.45) is 0.138. The zero-order valence-electron chi connectivity index (χ0n) is 12.8. The van der Waals surface area contributed by atoms with Gasteiger partial charge in [-0.25, -0.2) is 9.97 Å². The molecule has 0 saturated carbocycles. The number of nitrogens with one attached hydrogen (secondary N) is 1. The van der Waals surface area contributed by atoms with Gasteiger partial charge in [0, 0.05) is 32.2 Å². The lowest BCUT2D eigenvalue weighted by atomic mass is 9.95. The maximum absolute atomic E-state index is 5.22. The first-order chi connectivity index (χ1) is 8.86. The zero-order chi connectivity index (χ0) is 14.5. The number of methoxy groups -OCH3 is 2. The van der Waals surface area contributed by atoms with Crippen LogP contribution in [0.5, 0.6) is 0 Å². The summed E-state index contributed by atoms with van der Waals surface area (Å²) in [6.45, 7) is 9.50. The molecule has 1 atom stereocenters. The zero-order valence-corrected chi connectivity index (χ0v) is 12.8. The van der Waals surface area contributed by atoms with Gasteiger partial charge < -0.3 is 14.8 Å². The minimum Gasteiger partial charge on any atom is -0.380 e. The molecule has 0 spiro atoms. The normalized spacial score (nSPS) is 13.4. The van der Waals surface area contributed by atoms with Gasteiger partial charge in [-0.1, -0.05) is 20.8 Å². The highest BCUT2D eigenvalue weighted by Gasteiger charge is 2.19. The van der Waals surface area contributed by atoms with Crippen LogP contribution in [0.1, 0.15) is 39.2 Å². The van der Waals surface area contributed by atoms with E-state index in [9.17, 15) is 0 Å². The van der Waals surface area contributed by atoms with Crippen LogP contribution in [0, 0.1) is 0 Å². The lowest BCUT2D eigenvalue weighted by Crippen LogP contribution is -2.22. The van der Waals surface area contributed by atoms with Crippen LogP contribution in [0.4, 0.5) is 5.82 Å². The second-order valence-corrected chi connectivity index (χ2v) is 5.68. The fourth-order valence-electron chi connectivity index (χ4n) is 1.48. The molecule has 1 heterocycles. The third-order valence-corrected chi connectivity index (χ3v) is 2.72. The molecule has 0 aliphatic heterocycles. The van der Waals surface area contributed by atoms with Crippen molar-refractivity contribution in [3.05, 3.63) is 17.6 Å². The van der Waals surface area contributed by atoms with Crippen LogP contribution in [0.2, 0.25) is 0 Å².